The molecular weight excluding hydrogens is 246 g/mol. The molecular formula is C13H17N3O3. The Kier molecular flexibility index (Phi) is 3.50. The number of rotatable bonds is 4. The molecule has 6 heteroatoms. The van der Waals surface area contributed by atoms with Crippen molar-refractivity contribution in [1.82, 2.24) is 9.55 Å². The highest BCUT2D eigenvalue weighted by molar-refractivity contribution is 5.79. The molecule has 0 saturated carbocycles. The van der Waals surface area contributed by atoms with E-state index in [-0.39, 0.29) is 0 Å². The van der Waals surface area contributed by atoms with Gasteiger partial charge in [-0.15, -0.1) is 0 Å². The second-order valence-electron chi connectivity index (χ2n) is 3.97. The van der Waals surface area contributed by atoms with E-state index in [4.69, 9.17) is 19.9 Å². The first-order valence-electron chi connectivity index (χ1n) is 5.70. The lowest BCUT2D eigenvalue weighted by Crippen LogP contribution is -1.99. The van der Waals surface area contributed by atoms with Crippen LogP contribution in [0.25, 0.3) is 11.3 Å². The number of nitrogen functional groups attached to an aromatic ring is 1. The van der Waals surface area contributed by atoms with Crippen molar-refractivity contribution in [3.05, 3.63) is 18.5 Å². The number of hydrogen-bond donors (Lipinski definition) is 1. The molecule has 0 fully saturated rings. The Bertz CT molecular complexity index is 593. The van der Waals surface area contributed by atoms with Gasteiger partial charge in [-0.2, -0.15) is 0 Å². The summed E-state index contributed by atoms with van der Waals surface area (Å²) in [4.78, 5) is 4.29. The predicted octanol–water partition coefficient (Wildman–Crippen LogP) is 1.70. The Morgan fingerprint density at radius 3 is 2.21 bits per heavy atom. The third-order valence-corrected chi connectivity index (χ3v) is 2.94. The minimum absolute atomic E-state index is 0.521. The van der Waals surface area contributed by atoms with Gasteiger partial charge in [0.1, 0.15) is 11.5 Å². The van der Waals surface area contributed by atoms with E-state index < -0.39 is 0 Å². The van der Waals surface area contributed by atoms with Crippen LogP contribution in [0.5, 0.6) is 17.2 Å². The molecule has 0 aliphatic rings. The van der Waals surface area contributed by atoms with E-state index in [1.165, 1.54) is 0 Å². The van der Waals surface area contributed by atoms with E-state index in [9.17, 15) is 0 Å². The van der Waals surface area contributed by atoms with Crippen LogP contribution in [0.1, 0.15) is 0 Å². The minimum atomic E-state index is 0.521. The molecule has 0 aliphatic heterocycles. The van der Waals surface area contributed by atoms with Crippen LogP contribution in [0.2, 0.25) is 0 Å². The maximum atomic E-state index is 5.99. The summed E-state index contributed by atoms with van der Waals surface area (Å²) in [6.07, 6.45) is 1.65. The summed E-state index contributed by atoms with van der Waals surface area (Å²) in [5, 5.41) is 0. The third-order valence-electron chi connectivity index (χ3n) is 2.94. The first kappa shape index (κ1) is 13.1. The van der Waals surface area contributed by atoms with Crippen LogP contribution in [0, 0.1) is 0 Å². The highest BCUT2D eigenvalue weighted by atomic mass is 16.5. The van der Waals surface area contributed by atoms with Crippen LogP contribution < -0.4 is 19.9 Å². The summed E-state index contributed by atoms with van der Waals surface area (Å²) in [7, 11) is 6.54. The van der Waals surface area contributed by atoms with Gasteiger partial charge < -0.3 is 24.5 Å². The lowest BCUT2D eigenvalue weighted by molar-refractivity contribution is 0.325. The Morgan fingerprint density at radius 2 is 1.74 bits per heavy atom. The molecule has 102 valence electrons. The monoisotopic (exact) mass is 263 g/mol. The standard InChI is InChI=1S/C13H17N3O3/c1-16-7-15-10(13(16)14)8-5-6-9(17-2)12(19-4)11(8)18-3/h5-7H,14H2,1-4H3. The molecule has 0 radical (unpaired) electrons. The maximum absolute atomic E-state index is 5.99. The number of aromatic nitrogens is 2. The Balaban J connectivity index is 2.67. The molecule has 2 rings (SSSR count). The SMILES string of the molecule is COc1ccc(-c2ncn(C)c2N)c(OC)c1OC. The zero-order chi connectivity index (χ0) is 14.0. The average Bonchev–Trinajstić information content (AvgIpc) is 2.77. The first-order chi connectivity index (χ1) is 9.13. The van der Waals surface area contributed by atoms with E-state index in [0.717, 1.165) is 5.56 Å². The van der Waals surface area contributed by atoms with Crippen LogP contribution in [0.3, 0.4) is 0 Å². The van der Waals surface area contributed by atoms with Crippen LogP contribution >= 0.6 is 0 Å². The number of aryl methyl sites for hydroxylation is 1. The Morgan fingerprint density at radius 1 is 1.05 bits per heavy atom. The van der Waals surface area contributed by atoms with Crippen LogP contribution in [0.4, 0.5) is 5.82 Å². The largest absolute Gasteiger partial charge is 0.493 e. The molecule has 0 amide bonds. The van der Waals surface area contributed by atoms with Crippen LogP contribution in [-0.2, 0) is 7.05 Å². The topological polar surface area (TPSA) is 71.5 Å². The van der Waals surface area contributed by atoms with Gasteiger partial charge in [-0.25, -0.2) is 4.98 Å². The lowest BCUT2D eigenvalue weighted by atomic mass is 10.1. The van der Waals surface area contributed by atoms with Crippen molar-refractivity contribution in [3.8, 4) is 28.5 Å². The third kappa shape index (κ3) is 2.05. The molecule has 1 heterocycles. The zero-order valence-corrected chi connectivity index (χ0v) is 11.4. The Labute approximate surface area is 111 Å². The summed E-state index contributed by atoms with van der Waals surface area (Å²) in [6, 6.07) is 3.64. The predicted molar refractivity (Wildman–Crippen MR) is 72.7 cm³/mol. The molecule has 0 atom stereocenters. The van der Waals surface area contributed by atoms with Crippen LogP contribution in [-0.4, -0.2) is 30.9 Å². The molecule has 0 saturated heterocycles. The summed E-state index contributed by atoms with van der Waals surface area (Å²) in [5.41, 5.74) is 7.41. The van der Waals surface area contributed by atoms with Crippen molar-refractivity contribution in [2.75, 3.05) is 27.1 Å². The summed E-state index contributed by atoms with van der Waals surface area (Å²) >= 11 is 0. The van der Waals surface area contributed by atoms with Gasteiger partial charge >= 0.3 is 0 Å². The molecule has 0 unspecified atom stereocenters. The number of ether oxygens (including phenoxy) is 3. The number of nitrogens with zero attached hydrogens (tertiary/aromatic N) is 2. The quantitative estimate of drug-likeness (QED) is 0.909. The van der Waals surface area contributed by atoms with Crippen molar-refractivity contribution in [2.24, 2.45) is 7.05 Å². The fourth-order valence-corrected chi connectivity index (χ4v) is 1.93. The fourth-order valence-electron chi connectivity index (χ4n) is 1.93. The molecule has 0 aliphatic carbocycles. The van der Waals surface area contributed by atoms with E-state index in [2.05, 4.69) is 4.98 Å². The molecule has 2 N–H and O–H groups in total. The summed E-state index contributed by atoms with van der Waals surface area (Å²) in [6.45, 7) is 0. The summed E-state index contributed by atoms with van der Waals surface area (Å²) < 4.78 is 17.7. The van der Waals surface area contributed by atoms with E-state index in [1.807, 2.05) is 13.1 Å². The summed E-state index contributed by atoms with van der Waals surface area (Å²) in [5.74, 6) is 2.22. The van der Waals surface area contributed by atoms with Gasteiger partial charge in [0.2, 0.25) is 5.75 Å². The van der Waals surface area contributed by atoms with Crippen molar-refractivity contribution in [1.29, 1.82) is 0 Å². The van der Waals surface area contributed by atoms with Gasteiger partial charge in [-0.3, -0.25) is 0 Å². The van der Waals surface area contributed by atoms with Gasteiger partial charge in [0, 0.05) is 7.05 Å². The lowest BCUT2D eigenvalue weighted by Gasteiger charge is -2.15. The van der Waals surface area contributed by atoms with Crippen molar-refractivity contribution < 1.29 is 14.2 Å². The fraction of sp³-hybridized carbons (Fsp3) is 0.308. The molecule has 1 aromatic carbocycles. The van der Waals surface area contributed by atoms with Gasteiger partial charge in [-0.1, -0.05) is 0 Å². The molecule has 6 nitrogen and oxygen atoms in total. The highest BCUT2D eigenvalue weighted by Gasteiger charge is 2.20. The molecule has 0 spiro atoms. The molecule has 0 bridgehead atoms. The number of hydrogen-bond acceptors (Lipinski definition) is 5. The second kappa shape index (κ2) is 5.09. The van der Waals surface area contributed by atoms with Gasteiger partial charge in [0.05, 0.1) is 33.2 Å². The van der Waals surface area contributed by atoms with E-state index >= 15 is 0 Å². The number of benzene rings is 1. The van der Waals surface area contributed by atoms with Gasteiger partial charge in [0.15, 0.2) is 11.5 Å². The number of nitrogens with two attached hydrogens (primary N) is 1. The van der Waals surface area contributed by atoms with Crippen molar-refractivity contribution >= 4 is 5.82 Å². The second-order valence-corrected chi connectivity index (χ2v) is 3.97. The maximum Gasteiger partial charge on any atom is 0.203 e. The van der Waals surface area contributed by atoms with Gasteiger partial charge in [0.25, 0.3) is 0 Å². The molecule has 2 aromatic rings. The minimum Gasteiger partial charge on any atom is -0.493 e. The Hall–Kier alpha value is -2.37. The highest BCUT2D eigenvalue weighted by Crippen LogP contribution is 2.44. The van der Waals surface area contributed by atoms with Crippen LogP contribution in [0.15, 0.2) is 18.5 Å². The van der Waals surface area contributed by atoms with E-state index in [0.29, 0.717) is 28.8 Å². The number of imidazole rings is 1. The first-order valence-corrected chi connectivity index (χ1v) is 5.70. The number of methoxy groups -OCH3 is 3. The number of anilines is 1. The van der Waals surface area contributed by atoms with E-state index in [1.54, 1.807) is 38.3 Å². The normalized spacial score (nSPS) is 10.3. The van der Waals surface area contributed by atoms with Gasteiger partial charge in [-0.05, 0) is 12.1 Å². The zero-order valence-electron chi connectivity index (χ0n) is 11.4. The van der Waals surface area contributed by atoms with Crippen molar-refractivity contribution in [3.63, 3.8) is 0 Å². The smallest absolute Gasteiger partial charge is 0.203 e. The average molecular weight is 263 g/mol. The molecule has 1 aromatic heterocycles. The molecule has 19 heavy (non-hydrogen) atoms. The van der Waals surface area contributed by atoms with Crippen molar-refractivity contribution in [2.45, 2.75) is 0 Å².